The predicted molar refractivity (Wildman–Crippen MR) is 102 cm³/mol. The van der Waals surface area contributed by atoms with Crippen LogP contribution in [0.25, 0.3) is 0 Å². The summed E-state index contributed by atoms with van der Waals surface area (Å²) < 4.78 is 51.5. The van der Waals surface area contributed by atoms with Gasteiger partial charge < -0.3 is 0 Å². The number of rotatable bonds is 8. The molecule has 0 aromatic rings. The molecule has 0 heterocycles. The van der Waals surface area contributed by atoms with Crippen molar-refractivity contribution in [1.29, 1.82) is 0 Å². The highest BCUT2D eigenvalue weighted by molar-refractivity contribution is 7.91. The number of nitrogens with one attached hydrogen (secondary N) is 2. The molecule has 2 amide bonds. The van der Waals surface area contributed by atoms with Crippen LogP contribution >= 0.6 is 0 Å². The molecular formula is C17H28N2O5S2. The number of hydrogen-bond acceptors (Lipinski definition) is 5. The van der Waals surface area contributed by atoms with Crippen molar-refractivity contribution in [3.8, 4) is 0 Å². The summed E-state index contributed by atoms with van der Waals surface area (Å²) in [5.74, 6) is -0.446. The van der Waals surface area contributed by atoms with Gasteiger partial charge in [0.2, 0.25) is 20.0 Å². The first-order valence-electron chi connectivity index (χ1n) is 9.16. The lowest BCUT2D eigenvalue weighted by Gasteiger charge is -2.14. The monoisotopic (exact) mass is 404 g/mol. The summed E-state index contributed by atoms with van der Waals surface area (Å²) in [4.78, 5) is 11.8. The van der Waals surface area contributed by atoms with E-state index in [0.717, 1.165) is 62.5 Å². The number of hydrogen-bond donors (Lipinski definition) is 2. The maximum absolute atomic E-state index is 12.0. The summed E-state index contributed by atoms with van der Waals surface area (Å²) in [5.41, 5.74) is 2.16. The van der Waals surface area contributed by atoms with Crippen molar-refractivity contribution in [3.05, 3.63) is 23.3 Å². The molecule has 2 rings (SSSR count). The van der Waals surface area contributed by atoms with Crippen LogP contribution in [0.4, 0.5) is 4.79 Å². The molecule has 0 bridgehead atoms. The Morgan fingerprint density at radius 1 is 0.769 bits per heavy atom. The first-order valence-corrected chi connectivity index (χ1v) is 12.5. The third-order valence-corrected chi connectivity index (χ3v) is 7.13. The average Bonchev–Trinajstić information content (AvgIpc) is 2.59. The SMILES string of the molecule is O=C(NS(=O)(=O)CCC1=CCCCC1)NS(=O)(=O)CCC1=CCCCC1. The van der Waals surface area contributed by atoms with E-state index >= 15 is 0 Å². The van der Waals surface area contributed by atoms with Gasteiger partial charge in [-0.15, -0.1) is 0 Å². The molecule has 0 aromatic carbocycles. The Morgan fingerprint density at radius 2 is 1.19 bits per heavy atom. The van der Waals surface area contributed by atoms with Crippen molar-refractivity contribution in [2.75, 3.05) is 11.5 Å². The highest BCUT2D eigenvalue weighted by atomic mass is 32.2. The van der Waals surface area contributed by atoms with Crippen LogP contribution in [-0.2, 0) is 20.0 Å². The van der Waals surface area contributed by atoms with E-state index in [1.165, 1.54) is 0 Å². The van der Waals surface area contributed by atoms with E-state index in [2.05, 4.69) is 0 Å². The minimum absolute atomic E-state index is 0.223. The van der Waals surface area contributed by atoms with Crippen LogP contribution in [0.2, 0.25) is 0 Å². The molecule has 0 saturated heterocycles. The smallest absolute Gasteiger partial charge is 0.247 e. The molecule has 9 heteroatoms. The quantitative estimate of drug-likeness (QED) is 0.605. The van der Waals surface area contributed by atoms with Crippen LogP contribution in [0, 0.1) is 0 Å². The zero-order valence-corrected chi connectivity index (χ0v) is 16.6. The lowest BCUT2D eigenvalue weighted by molar-refractivity contribution is 0.250. The molecule has 0 aromatic heterocycles. The molecule has 0 atom stereocenters. The maximum atomic E-state index is 12.0. The van der Waals surface area contributed by atoms with Crippen molar-refractivity contribution >= 4 is 26.1 Å². The van der Waals surface area contributed by atoms with Crippen molar-refractivity contribution in [2.45, 2.75) is 64.2 Å². The molecule has 26 heavy (non-hydrogen) atoms. The van der Waals surface area contributed by atoms with Crippen molar-refractivity contribution in [3.63, 3.8) is 0 Å². The van der Waals surface area contributed by atoms with Crippen LogP contribution in [0.5, 0.6) is 0 Å². The molecule has 0 radical (unpaired) electrons. The molecule has 0 fully saturated rings. The van der Waals surface area contributed by atoms with E-state index in [0.29, 0.717) is 12.8 Å². The normalized spacial score (nSPS) is 18.6. The fraction of sp³-hybridized carbons (Fsp3) is 0.706. The van der Waals surface area contributed by atoms with Gasteiger partial charge in [0.15, 0.2) is 0 Å². The maximum Gasteiger partial charge on any atom is 0.342 e. The van der Waals surface area contributed by atoms with E-state index < -0.39 is 26.1 Å². The number of carbonyl (C=O) groups excluding carboxylic acids is 1. The Labute approximate surface area is 156 Å². The van der Waals surface area contributed by atoms with Crippen LogP contribution < -0.4 is 9.44 Å². The van der Waals surface area contributed by atoms with Crippen molar-refractivity contribution in [2.24, 2.45) is 0 Å². The second kappa shape index (κ2) is 9.55. The van der Waals surface area contributed by atoms with Gasteiger partial charge in [0.1, 0.15) is 0 Å². The Hall–Kier alpha value is -1.35. The Kier molecular flexibility index (Phi) is 7.69. The van der Waals surface area contributed by atoms with Gasteiger partial charge in [-0.3, -0.25) is 0 Å². The standard InChI is InChI=1S/C17H28N2O5S2/c20-17(18-25(21,22)13-11-15-7-3-1-4-8-15)19-26(23,24)14-12-16-9-5-2-6-10-16/h7,9H,1-6,8,10-14H2,(H2,18,19,20). The first-order chi connectivity index (χ1) is 12.3. The number of sulfonamides is 2. The number of amides is 2. The van der Waals surface area contributed by atoms with Gasteiger partial charge in [0, 0.05) is 0 Å². The lowest BCUT2D eigenvalue weighted by Crippen LogP contribution is -2.44. The summed E-state index contributed by atoms with van der Waals surface area (Å²) >= 11 is 0. The summed E-state index contributed by atoms with van der Waals surface area (Å²) in [6, 6.07) is -1.21. The van der Waals surface area contributed by atoms with Gasteiger partial charge in [-0.1, -0.05) is 23.3 Å². The highest BCUT2D eigenvalue weighted by Gasteiger charge is 2.21. The Balaban J connectivity index is 1.78. The Bertz CT molecular complexity index is 703. The van der Waals surface area contributed by atoms with Gasteiger partial charge in [-0.2, -0.15) is 0 Å². The van der Waals surface area contributed by atoms with E-state index in [1.807, 2.05) is 12.2 Å². The molecule has 7 nitrogen and oxygen atoms in total. The second-order valence-electron chi connectivity index (χ2n) is 6.89. The fourth-order valence-electron chi connectivity index (χ4n) is 3.20. The molecule has 2 N–H and O–H groups in total. The molecule has 0 saturated carbocycles. The minimum atomic E-state index is -3.87. The zero-order valence-electron chi connectivity index (χ0n) is 15.0. The largest absolute Gasteiger partial charge is 0.342 e. The van der Waals surface area contributed by atoms with Crippen molar-refractivity contribution in [1.82, 2.24) is 9.44 Å². The lowest BCUT2D eigenvalue weighted by atomic mass is 9.98. The molecule has 2 aliphatic carbocycles. The predicted octanol–water partition coefficient (Wildman–Crippen LogP) is 2.73. The highest BCUT2D eigenvalue weighted by Crippen LogP contribution is 2.21. The molecule has 0 unspecified atom stereocenters. The number of carbonyl (C=O) groups is 1. The Morgan fingerprint density at radius 3 is 1.54 bits per heavy atom. The fourth-order valence-corrected chi connectivity index (χ4v) is 5.20. The molecular weight excluding hydrogens is 376 g/mol. The molecule has 0 aliphatic heterocycles. The van der Waals surface area contributed by atoms with E-state index in [1.54, 1.807) is 9.44 Å². The van der Waals surface area contributed by atoms with Crippen LogP contribution in [-0.4, -0.2) is 34.4 Å². The summed E-state index contributed by atoms with van der Waals surface area (Å²) in [6.45, 7) is 0. The van der Waals surface area contributed by atoms with Crippen LogP contribution in [0.15, 0.2) is 23.3 Å². The van der Waals surface area contributed by atoms with Gasteiger partial charge >= 0.3 is 6.03 Å². The molecule has 148 valence electrons. The van der Waals surface area contributed by atoms with E-state index in [-0.39, 0.29) is 11.5 Å². The van der Waals surface area contributed by atoms with E-state index in [4.69, 9.17) is 0 Å². The summed E-state index contributed by atoms with van der Waals surface area (Å²) in [5, 5.41) is 0. The number of urea groups is 1. The third kappa shape index (κ3) is 7.90. The van der Waals surface area contributed by atoms with Crippen LogP contribution in [0.3, 0.4) is 0 Å². The van der Waals surface area contributed by atoms with Gasteiger partial charge in [0.25, 0.3) is 0 Å². The van der Waals surface area contributed by atoms with Crippen LogP contribution in [0.1, 0.15) is 64.2 Å². The second-order valence-corrected chi connectivity index (χ2v) is 10.6. The van der Waals surface area contributed by atoms with Gasteiger partial charge in [-0.25, -0.2) is 31.1 Å². The third-order valence-electron chi connectivity index (χ3n) is 4.65. The van der Waals surface area contributed by atoms with Gasteiger partial charge in [0.05, 0.1) is 11.5 Å². The van der Waals surface area contributed by atoms with Crippen molar-refractivity contribution < 1.29 is 21.6 Å². The average molecular weight is 405 g/mol. The zero-order chi connectivity index (χ0) is 19.0. The summed E-state index contributed by atoms with van der Waals surface area (Å²) in [7, 11) is -7.73. The van der Waals surface area contributed by atoms with E-state index in [9.17, 15) is 21.6 Å². The number of allylic oxidation sites excluding steroid dienone is 4. The van der Waals surface area contributed by atoms with Gasteiger partial charge in [-0.05, 0) is 64.2 Å². The minimum Gasteiger partial charge on any atom is -0.247 e. The molecule has 2 aliphatic rings. The first kappa shape index (κ1) is 21.0. The topological polar surface area (TPSA) is 109 Å². The molecule has 0 spiro atoms. The summed E-state index contributed by atoms with van der Waals surface area (Å²) in [6.07, 6.45) is 12.8.